The summed E-state index contributed by atoms with van der Waals surface area (Å²) in [6.07, 6.45) is 1.000. The van der Waals surface area contributed by atoms with Crippen LogP contribution < -0.4 is 10.2 Å². The van der Waals surface area contributed by atoms with Gasteiger partial charge in [0.05, 0.1) is 6.61 Å². The molecular formula is C18H24ClN3O4. The molecule has 0 spiro atoms. The average Bonchev–Trinajstić information content (AvgIpc) is 2.61. The van der Waals surface area contributed by atoms with Gasteiger partial charge in [-0.05, 0) is 44.0 Å². The van der Waals surface area contributed by atoms with Crippen LogP contribution in [0.4, 0.5) is 10.5 Å². The molecule has 1 fully saturated rings. The van der Waals surface area contributed by atoms with Gasteiger partial charge in [0.25, 0.3) is 0 Å². The lowest BCUT2D eigenvalue weighted by atomic mass is 10.1. The molecule has 0 unspecified atom stereocenters. The Morgan fingerprint density at radius 2 is 1.85 bits per heavy atom. The minimum absolute atomic E-state index is 0.0211. The van der Waals surface area contributed by atoms with E-state index in [1.807, 2.05) is 0 Å². The highest BCUT2D eigenvalue weighted by Gasteiger charge is 2.25. The summed E-state index contributed by atoms with van der Waals surface area (Å²) in [5.74, 6) is -0.454. The molecule has 1 aliphatic heterocycles. The molecule has 1 aliphatic rings. The van der Waals surface area contributed by atoms with E-state index in [0.29, 0.717) is 43.2 Å². The molecule has 0 saturated carbocycles. The Kier molecular flexibility index (Phi) is 7.26. The Morgan fingerprint density at radius 3 is 2.38 bits per heavy atom. The van der Waals surface area contributed by atoms with Crippen molar-refractivity contribution in [2.75, 3.05) is 31.1 Å². The SMILES string of the molecule is CCOC(=O)N1CCC(NC(=O)CN(C(C)=O)c2ccc(Cl)cc2)CC1. The Labute approximate surface area is 158 Å². The van der Waals surface area contributed by atoms with Gasteiger partial charge in [-0.3, -0.25) is 9.59 Å². The number of halogens is 1. The molecule has 1 saturated heterocycles. The van der Waals surface area contributed by atoms with E-state index in [-0.39, 0.29) is 30.5 Å². The number of anilines is 1. The van der Waals surface area contributed by atoms with Crippen LogP contribution in [0, 0.1) is 0 Å². The van der Waals surface area contributed by atoms with Gasteiger partial charge in [-0.2, -0.15) is 0 Å². The van der Waals surface area contributed by atoms with Crippen molar-refractivity contribution in [1.82, 2.24) is 10.2 Å². The van der Waals surface area contributed by atoms with Crippen LogP contribution in [-0.4, -0.2) is 55.1 Å². The third-order valence-electron chi connectivity index (χ3n) is 4.21. The maximum atomic E-state index is 12.3. The van der Waals surface area contributed by atoms with Gasteiger partial charge in [-0.15, -0.1) is 0 Å². The van der Waals surface area contributed by atoms with Crippen LogP contribution in [0.25, 0.3) is 0 Å². The van der Waals surface area contributed by atoms with Crippen LogP contribution >= 0.6 is 11.6 Å². The van der Waals surface area contributed by atoms with Gasteiger partial charge in [-0.1, -0.05) is 11.6 Å². The van der Waals surface area contributed by atoms with Crippen LogP contribution in [0.3, 0.4) is 0 Å². The summed E-state index contributed by atoms with van der Waals surface area (Å²) >= 11 is 5.86. The van der Waals surface area contributed by atoms with E-state index in [9.17, 15) is 14.4 Å². The molecule has 0 aliphatic carbocycles. The minimum Gasteiger partial charge on any atom is -0.450 e. The maximum Gasteiger partial charge on any atom is 0.409 e. The molecule has 0 atom stereocenters. The molecule has 1 aromatic carbocycles. The number of nitrogens with zero attached hydrogens (tertiary/aromatic N) is 2. The lowest BCUT2D eigenvalue weighted by molar-refractivity contribution is -0.123. The molecule has 1 heterocycles. The molecule has 1 aromatic rings. The van der Waals surface area contributed by atoms with E-state index < -0.39 is 0 Å². The molecule has 0 radical (unpaired) electrons. The number of carbonyl (C=O) groups is 3. The smallest absolute Gasteiger partial charge is 0.409 e. The van der Waals surface area contributed by atoms with Gasteiger partial charge in [-0.25, -0.2) is 4.79 Å². The first-order valence-electron chi connectivity index (χ1n) is 8.65. The summed E-state index contributed by atoms with van der Waals surface area (Å²) in [5, 5.41) is 3.50. The third kappa shape index (κ3) is 5.62. The lowest BCUT2D eigenvalue weighted by Gasteiger charge is -2.32. The first-order valence-corrected chi connectivity index (χ1v) is 9.03. The fourth-order valence-electron chi connectivity index (χ4n) is 2.84. The summed E-state index contributed by atoms with van der Waals surface area (Å²) in [6, 6.07) is 6.74. The van der Waals surface area contributed by atoms with Crippen LogP contribution in [0.5, 0.6) is 0 Å². The highest BCUT2D eigenvalue weighted by molar-refractivity contribution is 6.30. The summed E-state index contributed by atoms with van der Waals surface area (Å²) in [4.78, 5) is 39.0. The first-order chi connectivity index (χ1) is 12.4. The van der Waals surface area contributed by atoms with E-state index in [4.69, 9.17) is 16.3 Å². The topological polar surface area (TPSA) is 79.0 Å². The van der Waals surface area contributed by atoms with E-state index in [0.717, 1.165) is 0 Å². The average molecular weight is 382 g/mol. The van der Waals surface area contributed by atoms with Crippen LogP contribution in [0.1, 0.15) is 26.7 Å². The standard InChI is InChI=1S/C18H24ClN3O4/c1-3-26-18(25)21-10-8-15(9-11-21)20-17(24)12-22(13(2)23)16-6-4-14(19)5-7-16/h4-7,15H,3,8-12H2,1-2H3,(H,20,24). The van der Waals surface area contributed by atoms with Crippen molar-refractivity contribution in [1.29, 1.82) is 0 Å². The highest BCUT2D eigenvalue weighted by atomic mass is 35.5. The molecule has 3 amide bonds. The highest BCUT2D eigenvalue weighted by Crippen LogP contribution is 2.18. The van der Waals surface area contributed by atoms with E-state index >= 15 is 0 Å². The van der Waals surface area contributed by atoms with E-state index in [2.05, 4.69) is 5.32 Å². The van der Waals surface area contributed by atoms with E-state index in [1.54, 1.807) is 36.1 Å². The summed E-state index contributed by atoms with van der Waals surface area (Å²) < 4.78 is 4.98. The van der Waals surface area contributed by atoms with Gasteiger partial charge < -0.3 is 19.9 Å². The third-order valence-corrected chi connectivity index (χ3v) is 4.46. The molecule has 142 valence electrons. The number of piperidine rings is 1. The molecule has 1 N–H and O–H groups in total. The minimum atomic E-state index is -0.317. The van der Waals surface area contributed by atoms with Crippen molar-refractivity contribution in [3.05, 3.63) is 29.3 Å². The van der Waals surface area contributed by atoms with Gasteiger partial charge >= 0.3 is 6.09 Å². The molecule has 26 heavy (non-hydrogen) atoms. The lowest BCUT2D eigenvalue weighted by Crippen LogP contribution is -2.49. The number of likely N-dealkylation sites (tertiary alicyclic amines) is 1. The zero-order valence-corrected chi connectivity index (χ0v) is 15.8. The van der Waals surface area contributed by atoms with Crippen molar-refractivity contribution in [2.24, 2.45) is 0 Å². The van der Waals surface area contributed by atoms with Crippen molar-refractivity contribution < 1.29 is 19.1 Å². The fourth-order valence-corrected chi connectivity index (χ4v) is 2.97. The summed E-state index contributed by atoms with van der Waals surface area (Å²) in [6.45, 7) is 4.55. The molecule has 2 rings (SSSR count). The van der Waals surface area contributed by atoms with Gasteiger partial charge in [0.15, 0.2) is 0 Å². The zero-order chi connectivity index (χ0) is 19.1. The largest absolute Gasteiger partial charge is 0.450 e. The monoisotopic (exact) mass is 381 g/mol. The Bertz CT molecular complexity index is 642. The van der Waals surface area contributed by atoms with Crippen molar-refractivity contribution >= 4 is 35.2 Å². The molecule has 7 nitrogen and oxygen atoms in total. The summed E-state index contributed by atoms with van der Waals surface area (Å²) in [5.41, 5.74) is 0.620. The second-order valence-corrected chi connectivity index (χ2v) is 6.55. The second kappa shape index (κ2) is 9.43. The Balaban J connectivity index is 1.86. The van der Waals surface area contributed by atoms with Gasteiger partial charge in [0, 0.05) is 36.8 Å². The molecule has 0 aromatic heterocycles. The zero-order valence-electron chi connectivity index (χ0n) is 15.0. The van der Waals surface area contributed by atoms with Crippen LogP contribution in [0.2, 0.25) is 5.02 Å². The van der Waals surface area contributed by atoms with Crippen LogP contribution in [-0.2, 0) is 14.3 Å². The summed E-state index contributed by atoms with van der Waals surface area (Å²) in [7, 11) is 0. The Morgan fingerprint density at radius 1 is 1.23 bits per heavy atom. The maximum absolute atomic E-state index is 12.3. The first kappa shape index (κ1) is 20.0. The van der Waals surface area contributed by atoms with Gasteiger partial charge in [0.1, 0.15) is 6.54 Å². The number of hydrogen-bond acceptors (Lipinski definition) is 4. The van der Waals surface area contributed by atoms with Crippen molar-refractivity contribution in [2.45, 2.75) is 32.7 Å². The Hall–Kier alpha value is -2.28. The second-order valence-electron chi connectivity index (χ2n) is 6.11. The van der Waals surface area contributed by atoms with Crippen molar-refractivity contribution in [3.63, 3.8) is 0 Å². The molecular weight excluding hydrogens is 358 g/mol. The number of amides is 3. The van der Waals surface area contributed by atoms with E-state index in [1.165, 1.54) is 11.8 Å². The number of ether oxygens (including phenoxy) is 1. The number of hydrogen-bond donors (Lipinski definition) is 1. The van der Waals surface area contributed by atoms with Gasteiger partial charge in [0.2, 0.25) is 11.8 Å². The predicted octanol–water partition coefficient (Wildman–Crippen LogP) is 2.43. The normalized spacial score (nSPS) is 14.7. The molecule has 0 bridgehead atoms. The molecule has 8 heteroatoms. The quantitative estimate of drug-likeness (QED) is 0.849. The van der Waals surface area contributed by atoms with Crippen molar-refractivity contribution in [3.8, 4) is 0 Å². The number of nitrogens with one attached hydrogen (secondary N) is 1. The fraction of sp³-hybridized carbons (Fsp3) is 0.500. The number of carbonyl (C=O) groups excluding carboxylic acids is 3. The number of rotatable bonds is 5. The number of benzene rings is 1. The van der Waals surface area contributed by atoms with Crippen LogP contribution in [0.15, 0.2) is 24.3 Å². The predicted molar refractivity (Wildman–Crippen MR) is 99.2 cm³/mol.